The van der Waals surface area contributed by atoms with Crippen LogP contribution in [0.15, 0.2) is 48.5 Å². The molecule has 0 atom stereocenters. The van der Waals surface area contributed by atoms with E-state index >= 15 is 0 Å². The van der Waals surface area contributed by atoms with E-state index < -0.39 is 6.09 Å². The van der Waals surface area contributed by atoms with Gasteiger partial charge in [0.15, 0.2) is 0 Å². The number of carbonyl (C=O) groups excluding carboxylic acids is 1. The number of rotatable bonds is 2. The quantitative estimate of drug-likeness (QED) is 0.923. The average molecular weight is 286 g/mol. The van der Waals surface area contributed by atoms with Crippen molar-refractivity contribution >= 4 is 6.09 Å². The zero-order chi connectivity index (χ0) is 14.7. The first-order valence-corrected chi connectivity index (χ1v) is 6.76. The van der Waals surface area contributed by atoms with Gasteiger partial charge < -0.3 is 4.74 Å². The summed E-state index contributed by atoms with van der Waals surface area (Å²) in [6.07, 6.45) is 0.313. The molecule has 2 aromatic carbocycles. The minimum atomic E-state index is -0.569. The number of amides is 1. The van der Waals surface area contributed by atoms with E-state index in [0.29, 0.717) is 12.3 Å². The highest BCUT2D eigenvalue weighted by Crippen LogP contribution is 2.17. The average Bonchev–Trinajstić information content (AvgIpc) is 2.49. The SMILES string of the molecule is O=C(NN1CCc2ccccc2C1)Oc1ccc(F)cc1. The number of nitrogens with zero attached hydrogens (tertiary/aromatic N) is 1. The Hall–Kier alpha value is -2.40. The molecule has 1 amide bonds. The number of hydrogen-bond donors (Lipinski definition) is 1. The summed E-state index contributed by atoms with van der Waals surface area (Å²) < 4.78 is 17.9. The Kier molecular flexibility index (Phi) is 3.83. The van der Waals surface area contributed by atoms with Crippen LogP contribution in [0.2, 0.25) is 0 Å². The maximum Gasteiger partial charge on any atom is 0.427 e. The number of carbonyl (C=O) groups is 1. The Morgan fingerprint density at radius 2 is 1.81 bits per heavy atom. The largest absolute Gasteiger partial charge is 0.427 e. The molecule has 0 radical (unpaired) electrons. The highest BCUT2D eigenvalue weighted by atomic mass is 19.1. The lowest BCUT2D eigenvalue weighted by molar-refractivity contribution is 0.135. The fraction of sp³-hybridized carbons (Fsp3) is 0.188. The second kappa shape index (κ2) is 5.93. The van der Waals surface area contributed by atoms with E-state index in [4.69, 9.17) is 4.74 Å². The predicted molar refractivity (Wildman–Crippen MR) is 76.1 cm³/mol. The third-order valence-corrected chi connectivity index (χ3v) is 3.40. The van der Waals surface area contributed by atoms with E-state index in [0.717, 1.165) is 13.0 Å². The summed E-state index contributed by atoms with van der Waals surface area (Å²) in [6.45, 7) is 1.38. The number of ether oxygens (including phenoxy) is 1. The van der Waals surface area contributed by atoms with Crippen LogP contribution in [0.5, 0.6) is 5.75 Å². The molecule has 2 aromatic rings. The molecule has 0 bridgehead atoms. The Bertz CT molecular complexity index is 643. The molecule has 0 aliphatic carbocycles. The van der Waals surface area contributed by atoms with Gasteiger partial charge in [0, 0.05) is 13.1 Å². The molecule has 108 valence electrons. The van der Waals surface area contributed by atoms with Gasteiger partial charge in [-0.2, -0.15) is 0 Å². The first-order valence-electron chi connectivity index (χ1n) is 6.76. The molecule has 21 heavy (non-hydrogen) atoms. The molecule has 5 heteroatoms. The molecule has 3 rings (SSSR count). The van der Waals surface area contributed by atoms with E-state index in [2.05, 4.69) is 17.6 Å². The van der Waals surface area contributed by atoms with Crippen LogP contribution in [0.3, 0.4) is 0 Å². The van der Waals surface area contributed by atoms with Gasteiger partial charge in [-0.25, -0.2) is 14.2 Å². The monoisotopic (exact) mass is 286 g/mol. The second-order valence-corrected chi connectivity index (χ2v) is 4.90. The van der Waals surface area contributed by atoms with Crippen molar-refractivity contribution in [3.05, 3.63) is 65.5 Å². The summed E-state index contributed by atoms with van der Waals surface area (Å²) in [5.41, 5.74) is 5.21. The van der Waals surface area contributed by atoms with E-state index in [9.17, 15) is 9.18 Å². The van der Waals surface area contributed by atoms with Crippen LogP contribution in [-0.4, -0.2) is 17.6 Å². The van der Waals surface area contributed by atoms with Crippen molar-refractivity contribution in [2.24, 2.45) is 0 Å². The molecule has 1 heterocycles. The van der Waals surface area contributed by atoms with Crippen LogP contribution < -0.4 is 10.2 Å². The molecular weight excluding hydrogens is 271 g/mol. The molecule has 0 unspecified atom stereocenters. The summed E-state index contributed by atoms with van der Waals surface area (Å²) in [4.78, 5) is 11.8. The number of nitrogens with one attached hydrogen (secondary N) is 1. The summed E-state index contributed by atoms with van der Waals surface area (Å²) >= 11 is 0. The Morgan fingerprint density at radius 1 is 1.10 bits per heavy atom. The van der Waals surface area contributed by atoms with Crippen molar-refractivity contribution in [2.45, 2.75) is 13.0 Å². The lowest BCUT2D eigenvalue weighted by atomic mass is 10.0. The Balaban J connectivity index is 1.57. The van der Waals surface area contributed by atoms with Gasteiger partial charge in [-0.3, -0.25) is 5.43 Å². The number of hydrogen-bond acceptors (Lipinski definition) is 3. The topological polar surface area (TPSA) is 41.6 Å². The lowest BCUT2D eigenvalue weighted by Gasteiger charge is -2.28. The molecule has 4 nitrogen and oxygen atoms in total. The summed E-state index contributed by atoms with van der Waals surface area (Å²) in [6, 6.07) is 13.5. The van der Waals surface area contributed by atoms with Gasteiger partial charge in [0.05, 0.1) is 0 Å². The zero-order valence-corrected chi connectivity index (χ0v) is 11.4. The highest BCUT2D eigenvalue weighted by Gasteiger charge is 2.18. The van der Waals surface area contributed by atoms with Crippen LogP contribution in [0.25, 0.3) is 0 Å². The maximum absolute atomic E-state index is 12.8. The standard InChI is InChI=1S/C16H15FN2O2/c17-14-5-7-15(8-6-14)21-16(20)18-19-10-9-12-3-1-2-4-13(12)11-19/h1-8H,9-11H2,(H,18,20). The van der Waals surface area contributed by atoms with Crippen LogP contribution >= 0.6 is 0 Å². The second-order valence-electron chi connectivity index (χ2n) is 4.90. The zero-order valence-electron chi connectivity index (χ0n) is 11.4. The van der Waals surface area contributed by atoms with Gasteiger partial charge >= 0.3 is 6.09 Å². The molecule has 0 spiro atoms. The van der Waals surface area contributed by atoms with Crippen LogP contribution in [-0.2, 0) is 13.0 Å². The third kappa shape index (κ3) is 3.38. The molecular formula is C16H15FN2O2. The van der Waals surface area contributed by atoms with Crippen molar-refractivity contribution in [2.75, 3.05) is 6.54 Å². The molecule has 1 N–H and O–H groups in total. The molecule has 1 aliphatic rings. The summed E-state index contributed by atoms with van der Waals surface area (Å²) in [5, 5.41) is 1.81. The fourth-order valence-electron chi connectivity index (χ4n) is 2.35. The van der Waals surface area contributed by atoms with E-state index in [1.54, 1.807) is 0 Å². The normalized spacial score (nSPS) is 14.3. The van der Waals surface area contributed by atoms with Crippen LogP contribution in [0.4, 0.5) is 9.18 Å². The predicted octanol–water partition coefficient (Wildman–Crippen LogP) is 2.89. The molecule has 0 saturated carbocycles. The van der Waals surface area contributed by atoms with Gasteiger partial charge in [0.1, 0.15) is 11.6 Å². The summed E-state index contributed by atoms with van der Waals surface area (Å²) in [5.74, 6) is -0.0540. The number of fused-ring (bicyclic) bond motifs is 1. The maximum atomic E-state index is 12.8. The minimum absolute atomic E-state index is 0.311. The van der Waals surface area contributed by atoms with E-state index in [1.165, 1.54) is 35.4 Å². The van der Waals surface area contributed by atoms with Gasteiger partial charge in [-0.1, -0.05) is 24.3 Å². The van der Waals surface area contributed by atoms with E-state index in [-0.39, 0.29) is 5.82 Å². The summed E-state index contributed by atoms with van der Waals surface area (Å²) in [7, 11) is 0. The smallest absolute Gasteiger partial charge is 0.409 e. The van der Waals surface area contributed by atoms with Crippen molar-refractivity contribution in [1.82, 2.24) is 10.4 Å². The third-order valence-electron chi connectivity index (χ3n) is 3.40. The van der Waals surface area contributed by atoms with Crippen molar-refractivity contribution in [1.29, 1.82) is 0 Å². The van der Waals surface area contributed by atoms with Crippen molar-refractivity contribution in [3.8, 4) is 5.75 Å². The van der Waals surface area contributed by atoms with Crippen LogP contribution in [0, 0.1) is 5.82 Å². The number of benzene rings is 2. The number of halogens is 1. The van der Waals surface area contributed by atoms with Gasteiger partial charge in [0.25, 0.3) is 0 Å². The number of hydrazine groups is 1. The van der Waals surface area contributed by atoms with Gasteiger partial charge in [-0.15, -0.1) is 0 Å². The Labute approximate surface area is 122 Å². The molecule has 0 fully saturated rings. The van der Waals surface area contributed by atoms with E-state index in [1.807, 2.05) is 17.1 Å². The van der Waals surface area contributed by atoms with Gasteiger partial charge in [-0.05, 0) is 41.8 Å². The fourth-order valence-corrected chi connectivity index (χ4v) is 2.35. The molecule has 1 aliphatic heterocycles. The molecule has 0 saturated heterocycles. The first-order chi connectivity index (χ1) is 10.2. The first kappa shape index (κ1) is 13.6. The molecule has 0 aromatic heterocycles. The van der Waals surface area contributed by atoms with Crippen molar-refractivity contribution in [3.63, 3.8) is 0 Å². The Morgan fingerprint density at radius 3 is 2.57 bits per heavy atom. The highest BCUT2D eigenvalue weighted by molar-refractivity contribution is 5.69. The van der Waals surface area contributed by atoms with Gasteiger partial charge in [0.2, 0.25) is 0 Å². The minimum Gasteiger partial charge on any atom is -0.409 e. The van der Waals surface area contributed by atoms with Crippen LogP contribution in [0.1, 0.15) is 11.1 Å². The lowest BCUT2D eigenvalue weighted by Crippen LogP contribution is -2.46. The van der Waals surface area contributed by atoms with Crippen molar-refractivity contribution < 1.29 is 13.9 Å².